The van der Waals surface area contributed by atoms with E-state index in [1.54, 1.807) is 0 Å². The number of fused-ring (bicyclic) bond motifs is 1. The molecule has 0 bridgehead atoms. The van der Waals surface area contributed by atoms with E-state index < -0.39 is 0 Å². The van der Waals surface area contributed by atoms with Gasteiger partial charge in [-0.15, -0.1) is 0 Å². The Bertz CT molecular complexity index is 710. The van der Waals surface area contributed by atoms with Gasteiger partial charge in [0.1, 0.15) is 0 Å². The number of benzene rings is 3. The van der Waals surface area contributed by atoms with Crippen molar-refractivity contribution in [3.8, 4) is 0 Å². The SMILES string of the molecule is CC.Cc1cccc(N(C)c2cccc3ccccc23)c1. The Balaban J connectivity index is 0.000000774. The molecule has 0 aromatic heterocycles. The van der Waals surface area contributed by atoms with Crippen LogP contribution in [0.5, 0.6) is 0 Å². The maximum absolute atomic E-state index is 2.25. The summed E-state index contributed by atoms with van der Waals surface area (Å²) >= 11 is 0. The molecule has 0 radical (unpaired) electrons. The fraction of sp³-hybridized carbons (Fsp3) is 0.200. The summed E-state index contributed by atoms with van der Waals surface area (Å²) < 4.78 is 0. The Morgan fingerprint density at radius 2 is 1.43 bits per heavy atom. The number of anilines is 2. The Morgan fingerprint density at radius 3 is 2.19 bits per heavy atom. The zero-order valence-corrected chi connectivity index (χ0v) is 13.3. The van der Waals surface area contributed by atoms with Crippen molar-refractivity contribution >= 4 is 22.1 Å². The molecule has 1 nitrogen and oxygen atoms in total. The second-order valence-corrected chi connectivity index (χ2v) is 4.90. The molecule has 3 rings (SSSR count). The summed E-state index contributed by atoms with van der Waals surface area (Å²) in [6.45, 7) is 6.13. The van der Waals surface area contributed by atoms with Gasteiger partial charge < -0.3 is 4.90 Å². The molecule has 3 aromatic rings. The third-order valence-corrected chi connectivity index (χ3v) is 3.52. The number of aryl methyl sites for hydroxylation is 1. The van der Waals surface area contributed by atoms with Crippen molar-refractivity contribution in [2.45, 2.75) is 20.8 Å². The highest BCUT2D eigenvalue weighted by molar-refractivity contribution is 5.95. The summed E-state index contributed by atoms with van der Waals surface area (Å²) in [4.78, 5) is 2.25. The van der Waals surface area contributed by atoms with Crippen LogP contribution in [-0.4, -0.2) is 7.05 Å². The molecule has 0 fully saturated rings. The highest BCUT2D eigenvalue weighted by Crippen LogP contribution is 2.31. The second kappa shape index (κ2) is 6.94. The number of rotatable bonds is 2. The van der Waals surface area contributed by atoms with Crippen LogP contribution in [-0.2, 0) is 0 Å². The summed E-state index contributed by atoms with van der Waals surface area (Å²) in [5, 5.41) is 2.56. The lowest BCUT2D eigenvalue weighted by Gasteiger charge is -2.21. The average molecular weight is 277 g/mol. The Labute approximate surface area is 127 Å². The van der Waals surface area contributed by atoms with Crippen molar-refractivity contribution in [3.05, 3.63) is 72.3 Å². The van der Waals surface area contributed by atoms with Crippen LogP contribution in [0.25, 0.3) is 10.8 Å². The highest BCUT2D eigenvalue weighted by atomic mass is 15.1. The molecule has 0 saturated carbocycles. The summed E-state index contributed by atoms with van der Waals surface area (Å²) in [7, 11) is 2.12. The van der Waals surface area contributed by atoms with E-state index in [1.165, 1.54) is 27.7 Å². The standard InChI is InChI=1S/C18H17N.C2H6/c1-14-7-5-10-16(13-14)19(2)18-12-6-9-15-8-3-4-11-17(15)18;1-2/h3-13H,1-2H3;1-2H3. The van der Waals surface area contributed by atoms with Crippen LogP contribution in [0.4, 0.5) is 11.4 Å². The molecular weight excluding hydrogens is 254 g/mol. The summed E-state index contributed by atoms with van der Waals surface area (Å²) in [5.41, 5.74) is 3.74. The van der Waals surface area contributed by atoms with Crippen LogP contribution in [0.3, 0.4) is 0 Å². The van der Waals surface area contributed by atoms with Gasteiger partial charge in [0.25, 0.3) is 0 Å². The van der Waals surface area contributed by atoms with Crippen molar-refractivity contribution in [2.75, 3.05) is 11.9 Å². The molecular formula is C20H23N. The molecule has 0 spiro atoms. The molecule has 1 heteroatoms. The van der Waals surface area contributed by atoms with E-state index in [0.29, 0.717) is 0 Å². The van der Waals surface area contributed by atoms with Crippen LogP contribution in [0.2, 0.25) is 0 Å². The first kappa shape index (κ1) is 15.1. The van der Waals surface area contributed by atoms with Crippen molar-refractivity contribution in [3.63, 3.8) is 0 Å². The molecule has 0 aliphatic rings. The molecule has 0 unspecified atom stereocenters. The van der Waals surface area contributed by atoms with E-state index in [-0.39, 0.29) is 0 Å². The van der Waals surface area contributed by atoms with Gasteiger partial charge in [-0.05, 0) is 36.1 Å². The van der Waals surface area contributed by atoms with Gasteiger partial charge >= 0.3 is 0 Å². The lowest BCUT2D eigenvalue weighted by atomic mass is 10.1. The van der Waals surface area contributed by atoms with Gasteiger partial charge in [0, 0.05) is 23.8 Å². The minimum Gasteiger partial charge on any atom is -0.344 e. The van der Waals surface area contributed by atoms with Crippen LogP contribution >= 0.6 is 0 Å². The van der Waals surface area contributed by atoms with Crippen molar-refractivity contribution < 1.29 is 0 Å². The first-order valence-electron chi connectivity index (χ1n) is 7.54. The van der Waals surface area contributed by atoms with Crippen molar-refractivity contribution in [2.24, 2.45) is 0 Å². The molecule has 0 aliphatic carbocycles. The number of hydrogen-bond donors (Lipinski definition) is 0. The maximum atomic E-state index is 2.25. The van der Waals surface area contributed by atoms with Gasteiger partial charge in [-0.3, -0.25) is 0 Å². The van der Waals surface area contributed by atoms with E-state index in [4.69, 9.17) is 0 Å². The Morgan fingerprint density at radius 1 is 0.762 bits per heavy atom. The molecule has 0 saturated heterocycles. The molecule has 21 heavy (non-hydrogen) atoms. The minimum atomic E-state index is 1.22. The minimum absolute atomic E-state index is 1.22. The fourth-order valence-electron chi connectivity index (χ4n) is 2.48. The van der Waals surface area contributed by atoms with Gasteiger partial charge in [0.05, 0.1) is 0 Å². The molecule has 3 aromatic carbocycles. The topological polar surface area (TPSA) is 3.24 Å². The first-order valence-corrected chi connectivity index (χ1v) is 7.54. The van der Waals surface area contributed by atoms with Gasteiger partial charge in [-0.2, -0.15) is 0 Å². The van der Waals surface area contributed by atoms with E-state index in [9.17, 15) is 0 Å². The third kappa shape index (κ3) is 3.25. The van der Waals surface area contributed by atoms with Crippen LogP contribution in [0.15, 0.2) is 66.7 Å². The smallest absolute Gasteiger partial charge is 0.0487 e. The maximum Gasteiger partial charge on any atom is 0.0487 e. The molecule has 108 valence electrons. The molecule has 0 heterocycles. The zero-order valence-electron chi connectivity index (χ0n) is 13.3. The Kier molecular flexibility index (Phi) is 4.99. The lowest BCUT2D eigenvalue weighted by Crippen LogP contribution is -2.09. The molecule has 0 N–H and O–H groups in total. The van der Waals surface area contributed by atoms with Gasteiger partial charge in [0.2, 0.25) is 0 Å². The fourth-order valence-corrected chi connectivity index (χ4v) is 2.48. The van der Waals surface area contributed by atoms with E-state index in [2.05, 4.69) is 85.6 Å². The summed E-state index contributed by atoms with van der Waals surface area (Å²) in [5.74, 6) is 0. The predicted octanol–water partition coefficient (Wildman–Crippen LogP) is 5.94. The van der Waals surface area contributed by atoms with Gasteiger partial charge in [0.15, 0.2) is 0 Å². The summed E-state index contributed by atoms with van der Waals surface area (Å²) in [6, 6.07) is 23.5. The predicted molar refractivity (Wildman–Crippen MR) is 94.5 cm³/mol. The summed E-state index contributed by atoms with van der Waals surface area (Å²) in [6.07, 6.45) is 0. The van der Waals surface area contributed by atoms with Gasteiger partial charge in [-0.25, -0.2) is 0 Å². The van der Waals surface area contributed by atoms with Gasteiger partial charge in [-0.1, -0.05) is 62.4 Å². The second-order valence-electron chi connectivity index (χ2n) is 4.90. The van der Waals surface area contributed by atoms with Crippen LogP contribution < -0.4 is 4.90 Å². The normalized spacial score (nSPS) is 9.90. The zero-order chi connectivity index (χ0) is 15.2. The van der Waals surface area contributed by atoms with Crippen molar-refractivity contribution in [1.82, 2.24) is 0 Å². The highest BCUT2D eigenvalue weighted by Gasteiger charge is 2.07. The molecule has 0 aliphatic heterocycles. The van der Waals surface area contributed by atoms with Crippen LogP contribution in [0.1, 0.15) is 19.4 Å². The van der Waals surface area contributed by atoms with Crippen molar-refractivity contribution in [1.29, 1.82) is 0 Å². The lowest BCUT2D eigenvalue weighted by molar-refractivity contribution is 1.21. The average Bonchev–Trinajstić information content (AvgIpc) is 2.55. The monoisotopic (exact) mass is 277 g/mol. The quantitative estimate of drug-likeness (QED) is 0.560. The largest absolute Gasteiger partial charge is 0.344 e. The van der Waals surface area contributed by atoms with E-state index in [0.717, 1.165) is 0 Å². The van der Waals surface area contributed by atoms with E-state index in [1.807, 2.05) is 13.8 Å². The van der Waals surface area contributed by atoms with Crippen LogP contribution in [0, 0.1) is 6.92 Å². The third-order valence-electron chi connectivity index (χ3n) is 3.52. The van der Waals surface area contributed by atoms with E-state index >= 15 is 0 Å². The number of hydrogen-bond acceptors (Lipinski definition) is 1. The molecule has 0 atom stereocenters. The Hall–Kier alpha value is -2.28. The first-order chi connectivity index (χ1) is 10.3. The molecule has 0 amide bonds. The number of nitrogens with zero attached hydrogens (tertiary/aromatic N) is 1.